The Morgan fingerprint density at radius 2 is 1.50 bits per heavy atom. The molecule has 1 aliphatic rings. The average Bonchev–Trinajstić information content (AvgIpc) is 3.02. The largest absolute Gasteiger partial charge is 0.371 e. The summed E-state index contributed by atoms with van der Waals surface area (Å²) in [6, 6.07) is 22.9. The molecule has 5 rings (SSSR count). The molecule has 0 aliphatic carbocycles. The van der Waals surface area contributed by atoms with Crippen LogP contribution in [0, 0.1) is 17.5 Å². The number of nitrogens with two attached hydrogens (primary N) is 1. The van der Waals surface area contributed by atoms with Gasteiger partial charge in [-0.25, -0.2) is 13.2 Å². The molecule has 0 unspecified atom stereocenters. The highest BCUT2D eigenvalue weighted by molar-refractivity contribution is 7.99. The summed E-state index contributed by atoms with van der Waals surface area (Å²) in [7, 11) is 0. The van der Waals surface area contributed by atoms with Crippen LogP contribution in [-0.2, 0) is 22.4 Å². The first-order valence-electron chi connectivity index (χ1n) is 14.6. The predicted octanol–water partition coefficient (Wildman–Crippen LogP) is 7.11. The maximum atomic E-state index is 15.2. The molecule has 1 fully saturated rings. The number of hydrogen-bond donors (Lipinski definition) is 2. The number of ketones is 1. The number of benzene rings is 4. The van der Waals surface area contributed by atoms with Crippen molar-refractivity contribution in [3.63, 3.8) is 0 Å². The highest BCUT2D eigenvalue weighted by Gasteiger charge is 2.29. The molecule has 1 heterocycles. The fraction of sp³-hybridized carbons (Fsp3) is 0.286. The molecule has 0 saturated carbocycles. The van der Waals surface area contributed by atoms with Gasteiger partial charge in [0.25, 0.3) is 0 Å². The van der Waals surface area contributed by atoms with E-state index in [0.29, 0.717) is 46.7 Å². The summed E-state index contributed by atoms with van der Waals surface area (Å²) in [6.45, 7) is 1.39. The van der Waals surface area contributed by atoms with Crippen LogP contribution in [0.3, 0.4) is 0 Å². The zero-order chi connectivity index (χ0) is 31.1. The molecule has 230 valence electrons. The van der Waals surface area contributed by atoms with E-state index < -0.39 is 23.6 Å². The van der Waals surface area contributed by atoms with Crippen molar-refractivity contribution in [2.45, 2.75) is 48.3 Å². The van der Waals surface area contributed by atoms with Crippen molar-refractivity contribution in [3.05, 3.63) is 136 Å². The zero-order valence-electron chi connectivity index (χ0n) is 24.0. The Labute approximate surface area is 265 Å². The third kappa shape index (κ3) is 8.52. The number of Topliss-reactive ketones (excluding diaryl/α,β-unsaturated/α-hetero) is 1. The van der Waals surface area contributed by atoms with E-state index in [2.05, 4.69) is 5.32 Å². The van der Waals surface area contributed by atoms with Gasteiger partial charge in [-0.15, -0.1) is 11.8 Å². The summed E-state index contributed by atoms with van der Waals surface area (Å²) in [5.41, 5.74) is 8.85. The van der Waals surface area contributed by atoms with Gasteiger partial charge in [-0.3, -0.25) is 4.79 Å². The monoisotopic (exact) mass is 638 g/mol. The third-order valence-corrected chi connectivity index (χ3v) is 9.26. The second-order valence-electron chi connectivity index (χ2n) is 11.0. The summed E-state index contributed by atoms with van der Waals surface area (Å²) in [6.07, 6.45) is 0.803. The van der Waals surface area contributed by atoms with E-state index in [4.69, 9.17) is 22.1 Å². The van der Waals surface area contributed by atoms with Crippen LogP contribution in [0.15, 0.2) is 95.9 Å². The zero-order valence-corrected chi connectivity index (χ0v) is 25.6. The SMILES string of the molecule is N[C@H](C(=O)Cc1cccc(F)c1CC[C@@H]1CNC[C@@H](CSc2ccc(Cl)cc2)O1)C(c1ccc(F)cc1)c1ccc(F)cc1. The smallest absolute Gasteiger partial charge is 0.154 e. The molecule has 1 saturated heterocycles. The lowest BCUT2D eigenvalue weighted by Crippen LogP contribution is -2.46. The van der Waals surface area contributed by atoms with Crippen molar-refractivity contribution in [3.8, 4) is 0 Å². The van der Waals surface area contributed by atoms with Crippen molar-refractivity contribution >= 4 is 29.1 Å². The normalized spacial score (nSPS) is 17.5. The van der Waals surface area contributed by atoms with E-state index in [-0.39, 0.29) is 30.2 Å². The Morgan fingerprint density at radius 3 is 2.14 bits per heavy atom. The lowest BCUT2D eigenvalue weighted by Gasteiger charge is -2.31. The lowest BCUT2D eigenvalue weighted by molar-refractivity contribution is -0.119. The molecule has 3 atom stereocenters. The summed E-state index contributed by atoms with van der Waals surface area (Å²) in [5, 5.41) is 4.12. The van der Waals surface area contributed by atoms with E-state index >= 15 is 4.39 Å². The number of morpholine rings is 1. The van der Waals surface area contributed by atoms with Gasteiger partial charge in [-0.2, -0.15) is 0 Å². The van der Waals surface area contributed by atoms with E-state index in [1.54, 1.807) is 48.2 Å². The van der Waals surface area contributed by atoms with Crippen molar-refractivity contribution in [1.82, 2.24) is 5.32 Å². The minimum Gasteiger partial charge on any atom is -0.371 e. The van der Waals surface area contributed by atoms with Gasteiger partial charge in [-0.1, -0.05) is 48.0 Å². The molecule has 0 bridgehead atoms. The maximum absolute atomic E-state index is 15.2. The number of ether oxygens (including phenoxy) is 1. The molecule has 0 radical (unpaired) electrons. The summed E-state index contributed by atoms with van der Waals surface area (Å²) in [5.74, 6) is -1.38. The molecule has 1 aliphatic heterocycles. The Hall–Kier alpha value is -3.14. The van der Waals surface area contributed by atoms with Gasteiger partial charge in [0.1, 0.15) is 17.5 Å². The summed E-state index contributed by atoms with van der Waals surface area (Å²) >= 11 is 7.68. The molecule has 4 aromatic rings. The fourth-order valence-corrected chi connectivity index (χ4v) is 6.58. The van der Waals surface area contributed by atoms with Crippen LogP contribution in [0.1, 0.15) is 34.6 Å². The molecule has 0 aromatic heterocycles. The van der Waals surface area contributed by atoms with Crippen LogP contribution in [-0.4, -0.2) is 42.9 Å². The number of carbonyl (C=O) groups is 1. The number of carbonyl (C=O) groups excluding carboxylic acids is 1. The molecule has 0 spiro atoms. The molecule has 3 N–H and O–H groups in total. The highest BCUT2D eigenvalue weighted by atomic mass is 35.5. The predicted molar refractivity (Wildman–Crippen MR) is 170 cm³/mol. The van der Waals surface area contributed by atoms with Gasteiger partial charge in [0.05, 0.1) is 18.2 Å². The van der Waals surface area contributed by atoms with Gasteiger partial charge in [0.15, 0.2) is 5.78 Å². The van der Waals surface area contributed by atoms with Crippen LogP contribution in [0.5, 0.6) is 0 Å². The summed E-state index contributed by atoms with van der Waals surface area (Å²) < 4.78 is 48.8. The van der Waals surface area contributed by atoms with Crippen LogP contribution >= 0.6 is 23.4 Å². The first-order chi connectivity index (χ1) is 21.3. The molecular formula is C35H34ClF3N2O2S. The van der Waals surface area contributed by atoms with Crippen LogP contribution in [0.25, 0.3) is 0 Å². The second-order valence-corrected chi connectivity index (χ2v) is 12.5. The van der Waals surface area contributed by atoms with Crippen molar-refractivity contribution in [2.75, 3.05) is 18.8 Å². The van der Waals surface area contributed by atoms with E-state index in [0.717, 1.165) is 17.2 Å². The summed E-state index contributed by atoms with van der Waals surface area (Å²) in [4.78, 5) is 14.7. The molecule has 4 aromatic carbocycles. The Morgan fingerprint density at radius 1 is 0.886 bits per heavy atom. The van der Waals surface area contributed by atoms with E-state index in [1.807, 2.05) is 24.3 Å². The van der Waals surface area contributed by atoms with Crippen LogP contribution < -0.4 is 11.1 Å². The minimum absolute atomic E-state index is 0.00366. The van der Waals surface area contributed by atoms with Crippen molar-refractivity contribution in [2.24, 2.45) is 5.73 Å². The highest BCUT2D eigenvalue weighted by Crippen LogP contribution is 2.30. The molecule has 44 heavy (non-hydrogen) atoms. The number of hydrogen-bond acceptors (Lipinski definition) is 5. The molecular weight excluding hydrogens is 605 g/mol. The van der Waals surface area contributed by atoms with Crippen LogP contribution in [0.2, 0.25) is 5.02 Å². The topological polar surface area (TPSA) is 64.4 Å². The first-order valence-corrected chi connectivity index (χ1v) is 15.9. The van der Waals surface area contributed by atoms with Gasteiger partial charge in [0.2, 0.25) is 0 Å². The van der Waals surface area contributed by atoms with Crippen molar-refractivity contribution in [1.29, 1.82) is 0 Å². The molecule has 9 heteroatoms. The number of halogens is 4. The van der Waals surface area contributed by atoms with Gasteiger partial charge >= 0.3 is 0 Å². The maximum Gasteiger partial charge on any atom is 0.154 e. The lowest BCUT2D eigenvalue weighted by atomic mass is 9.82. The number of rotatable bonds is 12. The standard InChI is InChI=1S/C35H34ClF3N2O2S/c36-25-8-15-30(16-9-25)44-21-29-20-41-19-28(43-29)14-17-31-24(2-1-3-32(31)39)18-33(42)35(40)34(22-4-10-26(37)11-5-22)23-6-12-27(38)13-7-23/h1-13,15-16,28-29,34-35,41H,14,17-21,40H2/t28-,29+,35-/m1/s1. The Bertz CT molecular complexity index is 1490. The van der Waals surface area contributed by atoms with E-state index in [1.165, 1.54) is 30.3 Å². The molecule has 0 amide bonds. The van der Waals surface area contributed by atoms with Gasteiger partial charge in [0, 0.05) is 41.1 Å². The second kappa shape index (κ2) is 15.2. The Balaban J connectivity index is 1.25. The minimum atomic E-state index is -1.02. The Kier molecular flexibility index (Phi) is 11.2. The van der Waals surface area contributed by atoms with E-state index in [9.17, 15) is 13.6 Å². The number of nitrogens with one attached hydrogen (secondary N) is 1. The number of thioether (sulfide) groups is 1. The quantitative estimate of drug-likeness (QED) is 0.162. The first kappa shape index (κ1) is 32.3. The third-order valence-electron chi connectivity index (χ3n) is 7.86. The molecule has 4 nitrogen and oxygen atoms in total. The fourth-order valence-electron chi connectivity index (χ4n) is 5.56. The van der Waals surface area contributed by atoms with Crippen LogP contribution in [0.4, 0.5) is 13.2 Å². The van der Waals surface area contributed by atoms with Gasteiger partial charge in [-0.05, 0) is 89.7 Å². The van der Waals surface area contributed by atoms with Gasteiger partial charge < -0.3 is 15.8 Å². The van der Waals surface area contributed by atoms with Crippen molar-refractivity contribution < 1.29 is 22.7 Å². The average molecular weight is 639 g/mol.